The van der Waals surface area contributed by atoms with Gasteiger partial charge in [-0.1, -0.05) is 11.6 Å². The lowest BCUT2D eigenvalue weighted by Gasteiger charge is -2.29. The molecule has 1 atom stereocenters. The van der Waals surface area contributed by atoms with Crippen molar-refractivity contribution in [2.75, 3.05) is 42.3 Å². The van der Waals surface area contributed by atoms with E-state index in [0.717, 1.165) is 12.1 Å². The van der Waals surface area contributed by atoms with Gasteiger partial charge in [0.1, 0.15) is 11.5 Å². The highest BCUT2D eigenvalue weighted by molar-refractivity contribution is 6.35. The van der Waals surface area contributed by atoms with Gasteiger partial charge in [0.05, 0.1) is 41.6 Å². The van der Waals surface area contributed by atoms with Crippen molar-refractivity contribution in [3.63, 3.8) is 0 Å². The number of anilines is 3. The molecule has 0 aliphatic carbocycles. The number of fused-ring (bicyclic) bond motifs is 1. The van der Waals surface area contributed by atoms with Gasteiger partial charge in [0.15, 0.2) is 0 Å². The van der Waals surface area contributed by atoms with Crippen LogP contribution in [0.1, 0.15) is 24.1 Å². The van der Waals surface area contributed by atoms with E-state index < -0.39 is 17.8 Å². The summed E-state index contributed by atoms with van der Waals surface area (Å²) in [6.07, 6.45) is -3.10. The number of hydrogen-bond acceptors (Lipinski definition) is 6. The van der Waals surface area contributed by atoms with Gasteiger partial charge in [-0.05, 0) is 36.8 Å². The summed E-state index contributed by atoms with van der Waals surface area (Å²) >= 11 is 6.36. The number of hydrogen-bond donors (Lipinski definition) is 2. The van der Waals surface area contributed by atoms with E-state index in [-0.39, 0.29) is 11.2 Å². The Kier molecular flexibility index (Phi) is 6.15. The zero-order valence-corrected chi connectivity index (χ0v) is 18.8. The molecular formula is C22H23ClF3N5O2. The average Bonchev–Trinajstić information content (AvgIpc) is 2.77. The van der Waals surface area contributed by atoms with E-state index in [1.54, 1.807) is 20.0 Å². The number of aryl methyl sites for hydroxylation is 1. The van der Waals surface area contributed by atoms with Gasteiger partial charge in [0, 0.05) is 31.2 Å². The van der Waals surface area contributed by atoms with Crippen molar-refractivity contribution in [2.45, 2.75) is 19.1 Å². The largest absolute Gasteiger partial charge is 0.416 e. The number of nitrogens with zero attached hydrogens (tertiary/aromatic N) is 3. The second-order valence-corrected chi connectivity index (χ2v) is 8.37. The summed E-state index contributed by atoms with van der Waals surface area (Å²) in [6, 6.07) is 4.60. The Balaban J connectivity index is 1.78. The number of morpholine rings is 1. The van der Waals surface area contributed by atoms with Crippen LogP contribution in [0.15, 0.2) is 35.3 Å². The lowest BCUT2D eigenvalue weighted by atomic mass is 10.0. The monoisotopic (exact) mass is 481 g/mol. The van der Waals surface area contributed by atoms with Crippen molar-refractivity contribution >= 4 is 39.7 Å². The number of nitrogens with two attached hydrogens (primary N) is 1. The molecule has 33 heavy (non-hydrogen) atoms. The van der Waals surface area contributed by atoms with E-state index in [2.05, 4.69) is 10.3 Å². The van der Waals surface area contributed by atoms with E-state index in [1.807, 2.05) is 4.90 Å². The maximum Gasteiger partial charge on any atom is 0.416 e. The van der Waals surface area contributed by atoms with Crippen molar-refractivity contribution in [2.24, 2.45) is 7.05 Å². The first kappa shape index (κ1) is 23.2. The molecule has 0 spiro atoms. The molecule has 11 heteroatoms. The van der Waals surface area contributed by atoms with Gasteiger partial charge in [0.2, 0.25) is 0 Å². The number of ether oxygens (including phenoxy) is 1. The second-order valence-electron chi connectivity index (χ2n) is 7.96. The predicted molar refractivity (Wildman–Crippen MR) is 123 cm³/mol. The molecule has 1 saturated heterocycles. The molecule has 0 bridgehead atoms. The molecule has 4 rings (SSSR count). The van der Waals surface area contributed by atoms with Gasteiger partial charge in [0.25, 0.3) is 5.56 Å². The Labute approximate surface area is 192 Å². The number of benzene rings is 1. The molecule has 1 aliphatic heterocycles. The van der Waals surface area contributed by atoms with Crippen LogP contribution in [0.25, 0.3) is 10.9 Å². The molecule has 1 aliphatic rings. The fourth-order valence-corrected chi connectivity index (χ4v) is 4.24. The number of aromatic nitrogens is 2. The standard InChI is InChI=1S/C22H23ClF3N5O2/c1-12(13-7-14(22(24,25)26)9-15(27)8-13)29-20-16-10-18(31-3-5-33-6-4-31)21(32)30(2)19(16)17(23)11-28-20/h7-12H,3-6,27H2,1-2H3,(H,28,29)/t12-/m1/s1. The first-order valence-corrected chi connectivity index (χ1v) is 10.7. The zero-order chi connectivity index (χ0) is 23.9. The van der Waals surface area contributed by atoms with Gasteiger partial charge < -0.3 is 25.3 Å². The summed E-state index contributed by atoms with van der Waals surface area (Å²) in [5.41, 5.74) is 6.02. The maximum absolute atomic E-state index is 13.2. The third-order valence-electron chi connectivity index (χ3n) is 5.69. The SMILES string of the molecule is C[C@@H](Nc1ncc(Cl)c2c1cc(N1CCOCC1)c(=O)n2C)c1cc(N)cc(C(F)(F)F)c1. The first-order chi connectivity index (χ1) is 15.6. The van der Waals surface area contributed by atoms with Crippen LogP contribution in [0.4, 0.5) is 30.4 Å². The van der Waals surface area contributed by atoms with E-state index in [4.69, 9.17) is 22.1 Å². The van der Waals surface area contributed by atoms with Crippen LogP contribution >= 0.6 is 11.6 Å². The predicted octanol–water partition coefficient (Wildman–Crippen LogP) is 4.20. The number of alkyl halides is 3. The third kappa shape index (κ3) is 4.58. The topological polar surface area (TPSA) is 85.4 Å². The minimum atomic E-state index is -4.51. The summed E-state index contributed by atoms with van der Waals surface area (Å²) in [5.74, 6) is 0.392. The molecule has 3 aromatic rings. The zero-order valence-electron chi connectivity index (χ0n) is 18.0. The highest BCUT2D eigenvalue weighted by Crippen LogP contribution is 2.35. The molecule has 3 N–H and O–H groups in total. The van der Waals surface area contributed by atoms with Crippen molar-refractivity contribution in [3.05, 3.63) is 57.0 Å². The summed E-state index contributed by atoms with van der Waals surface area (Å²) < 4.78 is 46.6. The molecule has 0 amide bonds. The fraction of sp³-hybridized carbons (Fsp3) is 0.364. The number of halogens is 4. The summed E-state index contributed by atoms with van der Waals surface area (Å²) in [4.78, 5) is 19.3. The Morgan fingerprint density at radius 2 is 1.91 bits per heavy atom. The van der Waals surface area contributed by atoms with Gasteiger partial charge in [-0.25, -0.2) is 4.98 Å². The van der Waals surface area contributed by atoms with Gasteiger partial charge in [-0.15, -0.1) is 0 Å². The minimum absolute atomic E-state index is 0.0133. The number of nitrogen functional groups attached to an aromatic ring is 1. The van der Waals surface area contributed by atoms with Crippen molar-refractivity contribution < 1.29 is 17.9 Å². The third-order valence-corrected chi connectivity index (χ3v) is 5.97. The van der Waals surface area contributed by atoms with Crippen LogP contribution in [0, 0.1) is 0 Å². The first-order valence-electron chi connectivity index (χ1n) is 10.3. The number of rotatable bonds is 4. The minimum Gasteiger partial charge on any atom is -0.399 e. The molecule has 0 saturated carbocycles. The van der Waals surface area contributed by atoms with Gasteiger partial charge in [-0.3, -0.25) is 4.79 Å². The van der Waals surface area contributed by atoms with Crippen molar-refractivity contribution in [3.8, 4) is 0 Å². The molecule has 1 fully saturated rings. The van der Waals surface area contributed by atoms with Crippen LogP contribution in [-0.4, -0.2) is 35.9 Å². The molecule has 2 aromatic heterocycles. The lowest BCUT2D eigenvalue weighted by molar-refractivity contribution is -0.137. The average molecular weight is 482 g/mol. The van der Waals surface area contributed by atoms with E-state index in [1.165, 1.54) is 16.8 Å². The molecule has 1 aromatic carbocycles. The smallest absolute Gasteiger partial charge is 0.399 e. The van der Waals surface area contributed by atoms with E-state index in [0.29, 0.717) is 59.3 Å². The van der Waals surface area contributed by atoms with E-state index in [9.17, 15) is 18.0 Å². The normalized spacial score (nSPS) is 15.6. The molecule has 0 unspecified atom stereocenters. The van der Waals surface area contributed by atoms with Crippen LogP contribution in [0.2, 0.25) is 5.02 Å². The quantitative estimate of drug-likeness (QED) is 0.543. The molecule has 176 valence electrons. The molecule has 0 radical (unpaired) electrons. The highest BCUT2D eigenvalue weighted by atomic mass is 35.5. The van der Waals surface area contributed by atoms with Crippen LogP contribution in [0.5, 0.6) is 0 Å². The summed E-state index contributed by atoms with van der Waals surface area (Å²) in [6.45, 7) is 3.86. The van der Waals surface area contributed by atoms with Crippen molar-refractivity contribution in [1.29, 1.82) is 0 Å². The number of pyridine rings is 2. The fourth-order valence-electron chi connectivity index (χ4n) is 3.97. The number of nitrogens with one attached hydrogen (secondary N) is 1. The Hall–Kier alpha value is -2.98. The lowest BCUT2D eigenvalue weighted by Crippen LogP contribution is -2.40. The Morgan fingerprint density at radius 1 is 1.21 bits per heavy atom. The van der Waals surface area contributed by atoms with Gasteiger partial charge in [-0.2, -0.15) is 13.2 Å². The molecule has 3 heterocycles. The Morgan fingerprint density at radius 3 is 2.58 bits per heavy atom. The van der Waals surface area contributed by atoms with Crippen LogP contribution in [-0.2, 0) is 18.0 Å². The summed E-state index contributed by atoms with van der Waals surface area (Å²) in [5, 5.41) is 4.03. The Bertz CT molecular complexity index is 1260. The molecule has 7 nitrogen and oxygen atoms in total. The highest BCUT2D eigenvalue weighted by Gasteiger charge is 2.31. The molecular weight excluding hydrogens is 459 g/mol. The van der Waals surface area contributed by atoms with Gasteiger partial charge >= 0.3 is 6.18 Å². The van der Waals surface area contributed by atoms with E-state index >= 15 is 0 Å². The maximum atomic E-state index is 13.2. The van der Waals surface area contributed by atoms with Crippen molar-refractivity contribution in [1.82, 2.24) is 9.55 Å². The summed E-state index contributed by atoms with van der Waals surface area (Å²) in [7, 11) is 1.63. The second kappa shape index (κ2) is 8.75. The van der Waals surface area contributed by atoms with Crippen LogP contribution in [0.3, 0.4) is 0 Å². The van der Waals surface area contributed by atoms with Crippen LogP contribution < -0.4 is 21.5 Å².